The Morgan fingerprint density at radius 2 is 1.83 bits per heavy atom. The smallest absolute Gasteiger partial charge is 0.195 e. The third-order valence-corrected chi connectivity index (χ3v) is 6.92. The Kier molecular flexibility index (Phi) is 5.61. The highest BCUT2D eigenvalue weighted by Crippen LogP contribution is 2.32. The fourth-order valence-electron chi connectivity index (χ4n) is 3.63. The molecule has 3 aromatic rings. The Balaban J connectivity index is 1.75. The quantitative estimate of drug-likeness (QED) is 0.612. The van der Waals surface area contributed by atoms with E-state index in [2.05, 4.69) is 19.9 Å². The van der Waals surface area contributed by atoms with Gasteiger partial charge in [0.2, 0.25) is 0 Å². The van der Waals surface area contributed by atoms with Crippen LogP contribution in [0.5, 0.6) is 0 Å². The van der Waals surface area contributed by atoms with Crippen LogP contribution in [-0.4, -0.2) is 51.9 Å². The van der Waals surface area contributed by atoms with Gasteiger partial charge in [0.25, 0.3) is 0 Å². The number of aromatic nitrogens is 5. The summed E-state index contributed by atoms with van der Waals surface area (Å²) in [6, 6.07) is 3.03. The maximum Gasteiger partial charge on any atom is 0.195 e. The molecule has 0 aliphatic carbocycles. The van der Waals surface area contributed by atoms with Crippen molar-refractivity contribution in [3.8, 4) is 22.6 Å². The number of ether oxygens (including phenoxy) is 1. The van der Waals surface area contributed by atoms with Crippen LogP contribution in [0.15, 0.2) is 35.9 Å². The van der Waals surface area contributed by atoms with Crippen LogP contribution < -0.4 is 0 Å². The molecule has 10 heteroatoms. The summed E-state index contributed by atoms with van der Waals surface area (Å²) in [5.74, 6) is 0.131. The number of nitrogens with zero attached hydrogens (tertiary/aromatic N) is 5. The van der Waals surface area contributed by atoms with Gasteiger partial charge in [0, 0.05) is 31.0 Å². The summed E-state index contributed by atoms with van der Waals surface area (Å²) in [6.45, 7) is 4.73. The van der Waals surface area contributed by atoms with Gasteiger partial charge >= 0.3 is 0 Å². The van der Waals surface area contributed by atoms with Gasteiger partial charge in [-0.2, -0.15) is 0 Å². The lowest BCUT2D eigenvalue weighted by Crippen LogP contribution is -2.21. The van der Waals surface area contributed by atoms with Gasteiger partial charge in [-0.05, 0) is 31.9 Å². The SMILES string of the molecule is CCS(=O)(=O)c1ccc(-c2ncnc(-c3cnc(C)n3C3CCOCC3)c2F)cn1. The van der Waals surface area contributed by atoms with Crippen molar-refractivity contribution in [3.05, 3.63) is 42.5 Å². The van der Waals surface area contributed by atoms with Gasteiger partial charge in [-0.1, -0.05) is 6.92 Å². The van der Waals surface area contributed by atoms with Gasteiger partial charge in [-0.3, -0.25) is 0 Å². The fraction of sp³-hybridized carbons (Fsp3) is 0.400. The van der Waals surface area contributed by atoms with E-state index in [9.17, 15) is 8.42 Å². The van der Waals surface area contributed by atoms with Crippen LogP contribution in [0, 0.1) is 12.7 Å². The van der Waals surface area contributed by atoms with Gasteiger partial charge in [0.1, 0.15) is 23.5 Å². The van der Waals surface area contributed by atoms with Gasteiger partial charge in [0.15, 0.2) is 20.7 Å². The molecule has 0 amide bonds. The molecule has 0 unspecified atom stereocenters. The van der Waals surface area contributed by atoms with Crippen molar-refractivity contribution < 1.29 is 17.5 Å². The molecule has 0 atom stereocenters. The molecule has 4 rings (SSSR count). The molecule has 30 heavy (non-hydrogen) atoms. The first-order valence-electron chi connectivity index (χ1n) is 9.74. The van der Waals surface area contributed by atoms with Gasteiger partial charge in [0.05, 0.1) is 17.6 Å². The maximum absolute atomic E-state index is 15.5. The Hall–Kier alpha value is -2.72. The molecule has 0 spiro atoms. The predicted octanol–water partition coefficient (Wildman–Crippen LogP) is 2.99. The van der Waals surface area contributed by atoms with Crippen LogP contribution in [0.1, 0.15) is 31.6 Å². The average Bonchev–Trinajstić information content (AvgIpc) is 3.15. The number of imidazole rings is 1. The fourth-order valence-corrected chi connectivity index (χ4v) is 4.42. The normalized spacial score (nSPS) is 15.4. The van der Waals surface area contributed by atoms with Crippen LogP contribution in [0.3, 0.4) is 0 Å². The molecule has 8 nitrogen and oxygen atoms in total. The summed E-state index contributed by atoms with van der Waals surface area (Å²) in [7, 11) is -3.43. The maximum atomic E-state index is 15.5. The number of halogens is 1. The number of aryl methyl sites for hydroxylation is 1. The lowest BCUT2D eigenvalue weighted by molar-refractivity contribution is 0.0694. The van der Waals surface area contributed by atoms with Crippen molar-refractivity contribution in [1.82, 2.24) is 24.5 Å². The zero-order valence-electron chi connectivity index (χ0n) is 16.7. The molecular weight excluding hydrogens is 409 g/mol. The zero-order valence-corrected chi connectivity index (χ0v) is 17.6. The number of rotatable bonds is 5. The van der Waals surface area contributed by atoms with Crippen LogP contribution in [-0.2, 0) is 14.6 Å². The van der Waals surface area contributed by atoms with Crippen molar-refractivity contribution in [1.29, 1.82) is 0 Å². The Labute approximate surface area is 174 Å². The minimum absolute atomic E-state index is 0.0448. The third-order valence-electron chi connectivity index (χ3n) is 5.28. The van der Waals surface area contributed by atoms with Crippen molar-refractivity contribution in [2.24, 2.45) is 0 Å². The molecule has 4 heterocycles. The van der Waals surface area contributed by atoms with Gasteiger partial charge in [-0.15, -0.1) is 0 Å². The van der Waals surface area contributed by atoms with E-state index in [0.717, 1.165) is 18.7 Å². The molecule has 3 aromatic heterocycles. The highest BCUT2D eigenvalue weighted by Gasteiger charge is 2.25. The monoisotopic (exact) mass is 431 g/mol. The van der Waals surface area contributed by atoms with E-state index < -0.39 is 15.7 Å². The minimum atomic E-state index is -3.43. The Morgan fingerprint density at radius 1 is 1.10 bits per heavy atom. The summed E-state index contributed by atoms with van der Waals surface area (Å²) < 4.78 is 46.8. The van der Waals surface area contributed by atoms with Crippen molar-refractivity contribution in [2.45, 2.75) is 37.8 Å². The van der Waals surface area contributed by atoms with E-state index in [1.165, 1.54) is 24.7 Å². The van der Waals surface area contributed by atoms with Crippen LogP contribution in [0.4, 0.5) is 4.39 Å². The topological polar surface area (TPSA) is 99.9 Å². The largest absolute Gasteiger partial charge is 0.381 e. The first-order chi connectivity index (χ1) is 14.4. The van der Waals surface area contributed by atoms with E-state index in [1.54, 1.807) is 13.1 Å². The van der Waals surface area contributed by atoms with E-state index >= 15 is 4.39 Å². The Bertz CT molecular complexity index is 1160. The molecule has 1 aliphatic heterocycles. The minimum Gasteiger partial charge on any atom is -0.381 e. The van der Waals surface area contributed by atoms with Crippen LogP contribution in [0.25, 0.3) is 22.6 Å². The van der Waals surface area contributed by atoms with Gasteiger partial charge < -0.3 is 9.30 Å². The first kappa shape index (κ1) is 20.5. The molecule has 0 aromatic carbocycles. The van der Waals surface area contributed by atoms with Crippen LogP contribution >= 0.6 is 0 Å². The van der Waals surface area contributed by atoms with Crippen molar-refractivity contribution in [3.63, 3.8) is 0 Å². The molecule has 0 N–H and O–H groups in total. The summed E-state index contributed by atoms with van der Waals surface area (Å²) in [5.41, 5.74) is 1.17. The number of pyridine rings is 1. The second kappa shape index (κ2) is 8.19. The predicted molar refractivity (Wildman–Crippen MR) is 108 cm³/mol. The second-order valence-electron chi connectivity index (χ2n) is 7.08. The second-order valence-corrected chi connectivity index (χ2v) is 9.30. The average molecular weight is 431 g/mol. The molecule has 0 radical (unpaired) electrons. The molecule has 1 saturated heterocycles. The van der Waals surface area contributed by atoms with Crippen molar-refractivity contribution in [2.75, 3.05) is 19.0 Å². The van der Waals surface area contributed by atoms with E-state index in [-0.39, 0.29) is 28.2 Å². The lowest BCUT2D eigenvalue weighted by atomic mass is 10.1. The first-order valence-corrected chi connectivity index (χ1v) is 11.4. The lowest BCUT2D eigenvalue weighted by Gasteiger charge is -2.26. The summed E-state index contributed by atoms with van der Waals surface area (Å²) in [6.07, 6.45) is 5.87. The van der Waals surface area contributed by atoms with Crippen LogP contribution in [0.2, 0.25) is 0 Å². The molecule has 0 bridgehead atoms. The number of sulfone groups is 1. The molecule has 1 aliphatic rings. The molecule has 1 fully saturated rings. The molecule has 0 saturated carbocycles. The number of hydrogen-bond acceptors (Lipinski definition) is 7. The Morgan fingerprint density at radius 3 is 2.50 bits per heavy atom. The van der Waals surface area contributed by atoms with E-state index in [4.69, 9.17) is 4.74 Å². The zero-order chi connectivity index (χ0) is 21.3. The van der Waals surface area contributed by atoms with E-state index in [0.29, 0.717) is 24.5 Å². The van der Waals surface area contributed by atoms with E-state index in [1.807, 2.05) is 11.5 Å². The highest BCUT2D eigenvalue weighted by atomic mass is 32.2. The standard InChI is InChI=1S/C20H22FN5O3S/c1-3-30(27,28)17-5-4-14(10-23-17)19-18(21)20(25-12-24-19)16-11-22-13(2)26(16)15-6-8-29-9-7-15/h4-5,10-12,15H,3,6-9H2,1-2H3. The summed E-state index contributed by atoms with van der Waals surface area (Å²) in [4.78, 5) is 16.6. The number of hydrogen-bond donors (Lipinski definition) is 0. The third kappa shape index (κ3) is 3.72. The summed E-state index contributed by atoms with van der Waals surface area (Å²) in [5, 5.41) is -0.0448. The van der Waals surface area contributed by atoms with Gasteiger partial charge in [-0.25, -0.2) is 32.7 Å². The summed E-state index contributed by atoms with van der Waals surface area (Å²) >= 11 is 0. The molecular formula is C20H22FN5O3S. The highest BCUT2D eigenvalue weighted by molar-refractivity contribution is 7.91. The molecule has 158 valence electrons. The van der Waals surface area contributed by atoms with Crippen molar-refractivity contribution >= 4 is 9.84 Å².